The van der Waals surface area contributed by atoms with Crippen LogP contribution in [0.5, 0.6) is 11.5 Å². The van der Waals surface area contributed by atoms with Gasteiger partial charge in [0.05, 0.1) is 18.6 Å². The quantitative estimate of drug-likeness (QED) is 0.837. The van der Waals surface area contributed by atoms with Gasteiger partial charge in [-0.25, -0.2) is 9.97 Å². The van der Waals surface area contributed by atoms with E-state index in [1.165, 1.54) is 11.1 Å². The number of anilines is 1. The van der Waals surface area contributed by atoms with Gasteiger partial charge in [0.1, 0.15) is 6.10 Å². The van der Waals surface area contributed by atoms with Crippen LogP contribution in [0.1, 0.15) is 24.0 Å². The molecular weight excluding hydrogens is 330 g/mol. The predicted octanol–water partition coefficient (Wildman–Crippen LogP) is 2.22. The Hall–Kier alpha value is -2.60. The molecule has 134 valence electrons. The van der Waals surface area contributed by atoms with Crippen LogP contribution in [0.2, 0.25) is 0 Å². The Morgan fingerprint density at radius 3 is 2.96 bits per heavy atom. The first-order valence-electron chi connectivity index (χ1n) is 8.98. The molecule has 1 aliphatic carbocycles. The number of aromatic nitrogens is 2. The van der Waals surface area contributed by atoms with E-state index in [1.807, 2.05) is 18.2 Å². The summed E-state index contributed by atoms with van der Waals surface area (Å²) in [5, 5.41) is 10.1. The molecule has 6 heteroatoms. The number of aliphatic hydroxyl groups excluding tert-OH is 1. The van der Waals surface area contributed by atoms with Gasteiger partial charge < -0.3 is 19.5 Å². The van der Waals surface area contributed by atoms with Crippen LogP contribution in [0.25, 0.3) is 0 Å². The van der Waals surface area contributed by atoms with Crippen LogP contribution in [0.15, 0.2) is 42.7 Å². The Labute approximate surface area is 152 Å². The average Bonchev–Trinajstić information content (AvgIpc) is 2.90. The standard InChI is InChI=1S/C20H21N3O3/c1-25-15-4-3-13-12-23(19-21-8-2-9-22-19)10-7-20-6-5-14(24)11-16(20)26-18(15)17(13)20/h2-6,8-9,14,16,24H,7,10-12H2,1H3/t14-,16-,20?/m1/s1. The van der Waals surface area contributed by atoms with E-state index >= 15 is 0 Å². The highest BCUT2D eigenvalue weighted by molar-refractivity contribution is 5.62. The van der Waals surface area contributed by atoms with Gasteiger partial charge in [0.15, 0.2) is 11.5 Å². The summed E-state index contributed by atoms with van der Waals surface area (Å²) in [7, 11) is 1.67. The Kier molecular flexibility index (Phi) is 3.43. The van der Waals surface area contributed by atoms with Crippen molar-refractivity contribution in [2.75, 3.05) is 18.6 Å². The molecule has 2 aromatic rings. The minimum Gasteiger partial charge on any atom is -0.493 e. The van der Waals surface area contributed by atoms with Crippen LogP contribution in [-0.2, 0) is 12.0 Å². The molecule has 1 spiro atoms. The number of rotatable bonds is 2. The van der Waals surface area contributed by atoms with Crippen molar-refractivity contribution in [3.63, 3.8) is 0 Å². The van der Waals surface area contributed by atoms with Gasteiger partial charge in [0.2, 0.25) is 5.95 Å². The second-order valence-electron chi connectivity index (χ2n) is 7.16. The average molecular weight is 351 g/mol. The SMILES string of the molecule is COc1ccc2c3c1O[C@@H]1C[C@H](O)C=CC31CCN(c1ncccn1)C2. The van der Waals surface area contributed by atoms with Crippen LogP contribution in [0, 0.1) is 0 Å². The lowest BCUT2D eigenvalue weighted by atomic mass is 9.69. The van der Waals surface area contributed by atoms with Crippen molar-refractivity contribution in [2.24, 2.45) is 0 Å². The summed E-state index contributed by atoms with van der Waals surface area (Å²) < 4.78 is 11.9. The summed E-state index contributed by atoms with van der Waals surface area (Å²) in [5.41, 5.74) is 2.17. The van der Waals surface area contributed by atoms with E-state index in [0.717, 1.165) is 37.0 Å². The number of methoxy groups -OCH3 is 1. The highest BCUT2D eigenvalue weighted by Crippen LogP contribution is 2.55. The van der Waals surface area contributed by atoms with Crippen molar-refractivity contribution in [3.05, 3.63) is 53.9 Å². The first-order chi connectivity index (χ1) is 12.7. The largest absolute Gasteiger partial charge is 0.493 e. The van der Waals surface area contributed by atoms with E-state index in [4.69, 9.17) is 9.47 Å². The minimum atomic E-state index is -0.466. The molecule has 0 saturated carbocycles. The van der Waals surface area contributed by atoms with Crippen molar-refractivity contribution in [1.29, 1.82) is 0 Å². The molecule has 0 radical (unpaired) electrons. The summed E-state index contributed by atoms with van der Waals surface area (Å²) in [5.74, 6) is 2.32. The van der Waals surface area contributed by atoms with Crippen LogP contribution >= 0.6 is 0 Å². The number of benzene rings is 1. The van der Waals surface area contributed by atoms with Gasteiger partial charge in [-0.15, -0.1) is 0 Å². The summed E-state index contributed by atoms with van der Waals surface area (Å²) in [6, 6.07) is 5.91. The lowest BCUT2D eigenvalue weighted by Crippen LogP contribution is -2.43. The van der Waals surface area contributed by atoms with E-state index < -0.39 is 6.10 Å². The summed E-state index contributed by atoms with van der Waals surface area (Å²) in [4.78, 5) is 11.1. The minimum absolute atomic E-state index is 0.0795. The van der Waals surface area contributed by atoms with E-state index in [9.17, 15) is 5.11 Å². The van der Waals surface area contributed by atoms with Crippen LogP contribution in [-0.4, -0.2) is 40.9 Å². The second-order valence-corrected chi connectivity index (χ2v) is 7.16. The molecular formula is C20H21N3O3. The fourth-order valence-electron chi connectivity index (χ4n) is 4.56. The molecule has 0 fully saturated rings. The maximum absolute atomic E-state index is 10.1. The third-order valence-electron chi connectivity index (χ3n) is 5.79. The lowest BCUT2D eigenvalue weighted by molar-refractivity contribution is 0.0856. The van der Waals surface area contributed by atoms with Crippen LogP contribution in [0.3, 0.4) is 0 Å². The zero-order chi connectivity index (χ0) is 17.7. The Morgan fingerprint density at radius 2 is 2.15 bits per heavy atom. The molecule has 3 heterocycles. The molecule has 1 unspecified atom stereocenters. The number of hydrogen-bond acceptors (Lipinski definition) is 6. The highest BCUT2D eigenvalue weighted by atomic mass is 16.5. The van der Waals surface area contributed by atoms with Crippen LogP contribution < -0.4 is 14.4 Å². The fraction of sp³-hybridized carbons (Fsp3) is 0.400. The summed E-state index contributed by atoms with van der Waals surface area (Å²) >= 11 is 0. The van der Waals surface area contributed by atoms with Crippen molar-refractivity contribution >= 4 is 5.95 Å². The Morgan fingerprint density at radius 1 is 1.31 bits per heavy atom. The van der Waals surface area contributed by atoms with Gasteiger partial charge in [-0.1, -0.05) is 18.2 Å². The molecule has 0 saturated heterocycles. The molecule has 0 bridgehead atoms. The first-order valence-corrected chi connectivity index (χ1v) is 8.98. The van der Waals surface area contributed by atoms with Gasteiger partial charge in [0, 0.05) is 37.5 Å². The molecule has 5 rings (SSSR count). The molecule has 0 amide bonds. The van der Waals surface area contributed by atoms with Gasteiger partial charge in [-0.05, 0) is 24.1 Å². The van der Waals surface area contributed by atoms with Gasteiger partial charge in [-0.3, -0.25) is 0 Å². The number of nitrogens with zero attached hydrogens (tertiary/aromatic N) is 3. The van der Waals surface area contributed by atoms with E-state index in [1.54, 1.807) is 19.5 Å². The maximum Gasteiger partial charge on any atom is 0.225 e. The van der Waals surface area contributed by atoms with E-state index in [0.29, 0.717) is 6.42 Å². The fourth-order valence-corrected chi connectivity index (χ4v) is 4.56. The third kappa shape index (κ3) is 2.15. The Bertz CT molecular complexity index is 870. The van der Waals surface area contributed by atoms with Crippen molar-refractivity contribution in [3.8, 4) is 11.5 Å². The zero-order valence-corrected chi connectivity index (χ0v) is 14.6. The predicted molar refractivity (Wildman–Crippen MR) is 96.6 cm³/mol. The van der Waals surface area contributed by atoms with Gasteiger partial charge in [0.25, 0.3) is 0 Å². The summed E-state index contributed by atoms with van der Waals surface area (Å²) in [6.45, 7) is 1.55. The summed E-state index contributed by atoms with van der Waals surface area (Å²) in [6.07, 6.45) is 8.54. The number of hydrogen-bond donors (Lipinski definition) is 1. The van der Waals surface area contributed by atoms with Crippen LogP contribution in [0.4, 0.5) is 5.95 Å². The van der Waals surface area contributed by atoms with E-state index in [2.05, 4.69) is 27.0 Å². The highest BCUT2D eigenvalue weighted by Gasteiger charge is 2.52. The molecule has 1 aromatic carbocycles. The zero-order valence-electron chi connectivity index (χ0n) is 14.6. The van der Waals surface area contributed by atoms with Crippen molar-refractivity contribution in [1.82, 2.24) is 9.97 Å². The molecule has 1 N–H and O–H groups in total. The molecule has 6 nitrogen and oxygen atoms in total. The lowest BCUT2D eigenvalue weighted by Gasteiger charge is -2.35. The van der Waals surface area contributed by atoms with Crippen molar-refractivity contribution in [2.45, 2.75) is 37.0 Å². The second kappa shape index (κ2) is 5.71. The van der Waals surface area contributed by atoms with Gasteiger partial charge in [-0.2, -0.15) is 0 Å². The Balaban J connectivity index is 1.66. The molecule has 3 atom stereocenters. The number of ether oxygens (including phenoxy) is 2. The molecule has 26 heavy (non-hydrogen) atoms. The maximum atomic E-state index is 10.1. The first kappa shape index (κ1) is 15.6. The normalized spacial score (nSPS) is 28.8. The third-order valence-corrected chi connectivity index (χ3v) is 5.79. The topological polar surface area (TPSA) is 67.7 Å². The van der Waals surface area contributed by atoms with E-state index in [-0.39, 0.29) is 11.5 Å². The van der Waals surface area contributed by atoms with Crippen molar-refractivity contribution < 1.29 is 14.6 Å². The molecule has 3 aliphatic rings. The molecule has 1 aromatic heterocycles. The molecule has 2 aliphatic heterocycles. The van der Waals surface area contributed by atoms with Gasteiger partial charge >= 0.3 is 0 Å². The smallest absolute Gasteiger partial charge is 0.225 e. The monoisotopic (exact) mass is 351 g/mol. The number of aliphatic hydroxyl groups is 1.